The van der Waals surface area contributed by atoms with Crippen LogP contribution >= 0.6 is 11.3 Å². The third kappa shape index (κ3) is 1.30. The minimum atomic E-state index is 0.706. The van der Waals surface area contributed by atoms with E-state index >= 15 is 0 Å². The molecule has 0 saturated heterocycles. The lowest BCUT2D eigenvalue weighted by atomic mass is 10.1. The standard InChI is InChI=1S/C10H8N2S/c1-2-8-7(6-11)5-10-9(12-8)3-4-13-10/h3-5H,2H2,1H3. The van der Waals surface area contributed by atoms with Crippen molar-refractivity contribution >= 4 is 21.6 Å². The molecule has 0 saturated carbocycles. The van der Waals surface area contributed by atoms with Gasteiger partial charge in [0, 0.05) is 0 Å². The van der Waals surface area contributed by atoms with Crippen LogP contribution in [-0.2, 0) is 6.42 Å². The van der Waals surface area contributed by atoms with Crippen LogP contribution in [0.2, 0.25) is 0 Å². The predicted molar refractivity (Wildman–Crippen MR) is 53.7 cm³/mol. The number of aromatic nitrogens is 1. The molecule has 0 fully saturated rings. The molecule has 0 unspecified atom stereocenters. The summed E-state index contributed by atoms with van der Waals surface area (Å²) in [5.41, 5.74) is 2.60. The lowest BCUT2D eigenvalue weighted by Gasteiger charge is -1.98. The summed E-state index contributed by atoms with van der Waals surface area (Å²) < 4.78 is 1.09. The molecule has 0 radical (unpaired) electrons. The van der Waals surface area contributed by atoms with Crippen molar-refractivity contribution in [2.45, 2.75) is 13.3 Å². The Morgan fingerprint density at radius 1 is 1.62 bits per heavy atom. The van der Waals surface area contributed by atoms with E-state index in [1.54, 1.807) is 11.3 Å². The highest BCUT2D eigenvalue weighted by Gasteiger charge is 2.04. The summed E-state index contributed by atoms with van der Waals surface area (Å²) in [5.74, 6) is 0. The van der Waals surface area contributed by atoms with Crippen molar-refractivity contribution < 1.29 is 0 Å². The third-order valence-electron chi connectivity index (χ3n) is 1.97. The van der Waals surface area contributed by atoms with Crippen molar-refractivity contribution in [2.75, 3.05) is 0 Å². The number of thiophene rings is 1. The van der Waals surface area contributed by atoms with E-state index in [1.165, 1.54) is 0 Å². The van der Waals surface area contributed by atoms with E-state index in [1.807, 2.05) is 24.4 Å². The average Bonchev–Trinajstić information content (AvgIpc) is 2.62. The first-order chi connectivity index (χ1) is 6.35. The van der Waals surface area contributed by atoms with Crippen LogP contribution in [-0.4, -0.2) is 4.98 Å². The molecule has 2 aromatic rings. The first kappa shape index (κ1) is 8.21. The zero-order valence-electron chi connectivity index (χ0n) is 7.24. The molecule has 0 aromatic carbocycles. The minimum Gasteiger partial charge on any atom is -0.251 e. The molecule has 2 nitrogen and oxygen atoms in total. The molecule has 0 aliphatic rings. The molecule has 2 aromatic heterocycles. The highest BCUT2D eigenvalue weighted by Crippen LogP contribution is 2.21. The largest absolute Gasteiger partial charge is 0.251 e. The number of hydrogen-bond acceptors (Lipinski definition) is 3. The van der Waals surface area contributed by atoms with Crippen molar-refractivity contribution in [3.05, 3.63) is 28.8 Å². The Morgan fingerprint density at radius 2 is 2.46 bits per heavy atom. The van der Waals surface area contributed by atoms with Gasteiger partial charge < -0.3 is 0 Å². The molecule has 0 amide bonds. The molecule has 0 atom stereocenters. The molecule has 2 heterocycles. The number of nitriles is 1. The minimum absolute atomic E-state index is 0.706. The van der Waals surface area contributed by atoms with Crippen molar-refractivity contribution in [1.29, 1.82) is 5.26 Å². The van der Waals surface area contributed by atoms with Gasteiger partial charge in [-0.2, -0.15) is 5.26 Å². The third-order valence-corrected chi connectivity index (χ3v) is 2.82. The zero-order valence-corrected chi connectivity index (χ0v) is 8.06. The van der Waals surface area contributed by atoms with Crippen molar-refractivity contribution in [3.8, 4) is 6.07 Å². The molecule has 0 N–H and O–H groups in total. The van der Waals surface area contributed by atoms with E-state index in [-0.39, 0.29) is 0 Å². The van der Waals surface area contributed by atoms with E-state index in [4.69, 9.17) is 5.26 Å². The maximum Gasteiger partial charge on any atom is 0.101 e. The summed E-state index contributed by atoms with van der Waals surface area (Å²) in [6.45, 7) is 2.02. The maximum absolute atomic E-state index is 8.86. The highest BCUT2D eigenvalue weighted by atomic mass is 32.1. The Hall–Kier alpha value is -1.40. The molecular weight excluding hydrogens is 180 g/mol. The van der Waals surface area contributed by atoms with Gasteiger partial charge in [0.15, 0.2) is 0 Å². The summed E-state index contributed by atoms with van der Waals surface area (Å²) in [4.78, 5) is 4.41. The fourth-order valence-electron chi connectivity index (χ4n) is 1.30. The molecule has 2 rings (SSSR count). The fraction of sp³-hybridized carbons (Fsp3) is 0.200. The van der Waals surface area contributed by atoms with E-state index in [0.717, 1.165) is 22.3 Å². The van der Waals surface area contributed by atoms with Crippen molar-refractivity contribution in [2.24, 2.45) is 0 Å². The maximum atomic E-state index is 8.86. The van der Waals surface area contributed by atoms with Gasteiger partial charge in [-0.15, -0.1) is 11.3 Å². The summed E-state index contributed by atoms with van der Waals surface area (Å²) in [7, 11) is 0. The van der Waals surface area contributed by atoms with Crippen LogP contribution in [0.3, 0.4) is 0 Å². The highest BCUT2D eigenvalue weighted by molar-refractivity contribution is 7.17. The average molecular weight is 188 g/mol. The lowest BCUT2D eigenvalue weighted by Crippen LogP contribution is -1.91. The Labute approximate surface area is 80.5 Å². The first-order valence-electron chi connectivity index (χ1n) is 4.12. The van der Waals surface area contributed by atoms with E-state index < -0.39 is 0 Å². The summed E-state index contributed by atoms with van der Waals surface area (Å²) in [6.07, 6.45) is 0.814. The molecule has 13 heavy (non-hydrogen) atoms. The Kier molecular flexibility index (Phi) is 1.99. The molecule has 0 spiro atoms. The van der Waals surface area contributed by atoms with Crippen LogP contribution in [0.25, 0.3) is 10.2 Å². The van der Waals surface area contributed by atoms with Gasteiger partial charge in [0.1, 0.15) is 6.07 Å². The lowest BCUT2D eigenvalue weighted by molar-refractivity contribution is 1.05. The predicted octanol–water partition coefficient (Wildman–Crippen LogP) is 2.73. The molecular formula is C10H8N2S. The van der Waals surface area contributed by atoms with Gasteiger partial charge in [-0.05, 0) is 23.9 Å². The molecule has 0 aliphatic heterocycles. The number of aryl methyl sites for hydroxylation is 1. The second kappa shape index (κ2) is 3.15. The number of nitrogens with zero attached hydrogens (tertiary/aromatic N) is 2. The quantitative estimate of drug-likeness (QED) is 0.690. The van der Waals surface area contributed by atoms with Gasteiger partial charge in [0.25, 0.3) is 0 Å². The number of hydrogen-bond donors (Lipinski definition) is 0. The summed E-state index contributed by atoms with van der Waals surface area (Å²) >= 11 is 1.62. The smallest absolute Gasteiger partial charge is 0.101 e. The van der Waals surface area contributed by atoms with Gasteiger partial charge >= 0.3 is 0 Å². The number of pyridine rings is 1. The summed E-state index contributed by atoms with van der Waals surface area (Å²) in [5, 5.41) is 10.9. The monoisotopic (exact) mass is 188 g/mol. The normalized spacial score (nSPS) is 10.2. The Morgan fingerprint density at radius 3 is 3.15 bits per heavy atom. The SMILES string of the molecule is CCc1nc2ccsc2cc1C#N. The van der Waals surface area contributed by atoms with Gasteiger partial charge in [0.2, 0.25) is 0 Å². The zero-order chi connectivity index (χ0) is 9.26. The van der Waals surface area contributed by atoms with Gasteiger partial charge in [0.05, 0.1) is 21.5 Å². The van der Waals surface area contributed by atoms with Crippen LogP contribution in [0.1, 0.15) is 18.2 Å². The van der Waals surface area contributed by atoms with Crippen LogP contribution < -0.4 is 0 Å². The van der Waals surface area contributed by atoms with Gasteiger partial charge in [-0.25, -0.2) is 0 Å². The van der Waals surface area contributed by atoms with Gasteiger partial charge in [-0.1, -0.05) is 6.92 Å². The van der Waals surface area contributed by atoms with Crippen molar-refractivity contribution in [3.63, 3.8) is 0 Å². The number of fused-ring (bicyclic) bond motifs is 1. The van der Waals surface area contributed by atoms with Crippen molar-refractivity contribution in [1.82, 2.24) is 4.98 Å². The first-order valence-corrected chi connectivity index (χ1v) is 5.00. The van der Waals surface area contributed by atoms with Gasteiger partial charge in [-0.3, -0.25) is 4.98 Å². The Balaban J connectivity index is 2.76. The second-order valence-corrected chi connectivity index (χ2v) is 3.70. The fourth-order valence-corrected chi connectivity index (χ4v) is 2.06. The van der Waals surface area contributed by atoms with Crippen LogP contribution in [0.5, 0.6) is 0 Å². The van der Waals surface area contributed by atoms with E-state index in [0.29, 0.717) is 5.56 Å². The van der Waals surface area contributed by atoms with E-state index in [2.05, 4.69) is 11.1 Å². The second-order valence-electron chi connectivity index (χ2n) is 2.75. The molecule has 0 aliphatic carbocycles. The van der Waals surface area contributed by atoms with Crippen LogP contribution in [0, 0.1) is 11.3 Å². The molecule has 0 bridgehead atoms. The summed E-state index contributed by atoms with van der Waals surface area (Å²) in [6, 6.07) is 6.08. The van der Waals surface area contributed by atoms with Crippen LogP contribution in [0.4, 0.5) is 0 Å². The van der Waals surface area contributed by atoms with E-state index in [9.17, 15) is 0 Å². The number of rotatable bonds is 1. The Bertz CT molecular complexity index is 479. The molecule has 64 valence electrons. The van der Waals surface area contributed by atoms with Crippen LogP contribution in [0.15, 0.2) is 17.5 Å². The molecule has 3 heteroatoms. The topological polar surface area (TPSA) is 36.7 Å².